The van der Waals surface area contributed by atoms with E-state index in [0.29, 0.717) is 18.9 Å². The number of alkyl halides is 3. The maximum Gasteiger partial charge on any atom is 0.416 e. The average Bonchev–Trinajstić information content (AvgIpc) is 2.78. The molecule has 7 nitrogen and oxygen atoms in total. The van der Waals surface area contributed by atoms with Gasteiger partial charge in [-0.15, -0.1) is 0 Å². The van der Waals surface area contributed by atoms with E-state index in [-0.39, 0.29) is 31.2 Å². The van der Waals surface area contributed by atoms with E-state index in [1.54, 1.807) is 31.2 Å². The Hall–Kier alpha value is -3.27. The van der Waals surface area contributed by atoms with Gasteiger partial charge < -0.3 is 24.2 Å². The summed E-state index contributed by atoms with van der Waals surface area (Å²) < 4.78 is 54.8. The van der Waals surface area contributed by atoms with Crippen LogP contribution in [0.25, 0.3) is 0 Å². The molecule has 1 atom stereocenters. The summed E-state index contributed by atoms with van der Waals surface area (Å²) in [5, 5.41) is 9.20. The quantitative estimate of drug-likeness (QED) is 0.430. The fourth-order valence-electron chi connectivity index (χ4n) is 3.23. The lowest BCUT2D eigenvalue weighted by Gasteiger charge is -2.24. The van der Waals surface area contributed by atoms with Crippen LogP contribution in [0.2, 0.25) is 0 Å². The second-order valence-electron chi connectivity index (χ2n) is 8.21. The van der Waals surface area contributed by atoms with Crippen molar-refractivity contribution < 1.29 is 42.1 Å². The first-order valence-electron chi connectivity index (χ1n) is 11.2. The Morgan fingerprint density at radius 2 is 1.74 bits per heavy atom. The third-order valence-electron chi connectivity index (χ3n) is 4.83. The van der Waals surface area contributed by atoms with Crippen LogP contribution in [0.1, 0.15) is 31.9 Å². The van der Waals surface area contributed by atoms with Gasteiger partial charge in [0, 0.05) is 19.6 Å². The van der Waals surface area contributed by atoms with Gasteiger partial charge in [0.1, 0.15) is 18.1 Å². The van der Waals surface area contributed by atoms with Gasteiger partial charge in [0.2, 0.25) is 0 Å². The Morgan fingerprint density at radius 1 is 1.06 bits per heavy atom. The number of hydrogen-bond acceptors (Lipinski definition) is 5. The van der Waals surface area contributed by atoms with Crippen LogP contribution >= 0.6 is 0 Å². The molecule has 35 heavy (non-hydrogen) atoms. The van der Waals surface area contributed by atoms with Crippen LogP contribution in [-0.2, 0) is 22.1 Å². The maximum absolute atomic E-state index is 12.9. The molecule has 2 aromatic rings. The molecule has 0 bridgehead atoms. The summed E-state index contributed by atoms with van der Waals surface area (Å²) in [6.07, 6.45) is -6.03. The molecule has 1 amide bonds. The van der Waals surface area contributed by atoms with Crippen molar-refractivity contribution in [3.05, 3.63) is 59.7 Å². The highest BCUT2D eigenvalue weighted by Crippen LogP contribution is 2.31. The highest BCUT2D eigenvalue weighted by atomic mass is 19.4. The molecule has 0 spiro atoms. The number of aliphatic carboxylic acids is 1. The molecule has 0 heterocycles. The van der Waals surface area contributed by atoms with Gasteiger partial charge in [-0.1, -0.05) is 32.0 Å². The second-order valence-corrected chi connectivity index (χ2v) is 8.21. The van der Waals surface area contributed by atoms with Gasteiger partial charge in [0.15, 0.2) is 6.10 Å². The number of ether oxygens (including phenoxy) is 3. The van der Waals surface area contributed by atoms with Gasteiger partial charge in [0.25, 0.3) is 0 Å². The molecule has 0 aliphatic heterocycles. The number of carbonyl (C=O) groups excluding carboxylic acids is 1. The predicted molar refractivity (Wildman–Crippen MR) is 123 cm³/mol. The van der Waals surface area contributed by atoms with Crippen LogP contribution in [0.5, 0.6) is 11.5 Å². The highest BCUT2D eigenvalue weighted by molar-refractivity contribution is 5.72. The van der Waals surface area contributed by atoms with E-state index in [0.717, 1.165) is 17.7 Å². The first-order chi connectivity index (χ1) is 16.5. The third-order valence-corrected chi connectivity index (χ3v) is 4.83. The molecule has 192 valence electrons. The van der Waals surface area contributed by atoms with Gasteiger partial charge in [-0.2, -0.15) is 13.2 Å². The summed E-state index contributed by atoms with van der Waals surface area (Å²) in [6.45, 7) is 6.43. The number of carboxylic acid groups (broad SMARTS) is 1. The number of benzene rings is 2. The van der Waals surface area contributed by atoms with E-state index >= 15 is 0 Å². The van der Waals surface area contributed by atoms with Gasteiger partial charge in [-0.25, -0.2) is 9.59 Å². The molecule has 0 aromatic heterocycles. The Bertz CT molecular complexity index is 962. The monoisotopic (exact) mass is 497 g/mol. The first-order valence-corrected chi connectivity index (χ1v) is 11.2. The normalized spacial score (nSPS) is 12.3. The molecule has 2 rings (SSSR count). The molecule has 0 saturated carbocycles. The van der Waals surface area contributed by atoms with E-state index < -0.39 is 29.9 Å². The predicted octanol–water partition coefficient (Wildman–Crippen LogP) is 5.27. The van der Waals surface area contributed by atoms with E-state index in [4.69, 9.17) is 14.2 Å². The smallest absolute Gasteiger partial charge is 0.416 e. The molecule has 0 aliphatic carbocycles. The summed E-state index contributed by atoms with van der Waals surface area (Å²) in [7, 11) is 0. The molecule has 10 heteroatoms. The van der Waals surface area contributed by atoms with Crippen molar-refractivity contribution >= 4 is 12.1 Å². The van der Waals surface area contributed by atoms with Crippen molar-refractivity contribution in [1.82, 2.24) is 4.90 Å². The first kappa shape index (κ1) is 28.0. The third kappa shape index (κ3) is 9.48. The molecule has 0 saturated heterocycles. The molecule has 2 aromatic carbocycles. The van der Waals surface area contributed by atoms with Crippen molar-refractivity contribution in [3.8, 4) is 11.5 Å². The largest absolute Gasteiger partial charge is 0.492 e. The van der Waals surface area contributed by atoms with Crippen molar-refractivity contribution in [2.24, 2.45) is 5.92 Å². The summed E-state index contributed by atoms with van der Waals surface area (Å²) >= 11 is 0. The van der Waals surface area contributed by atoms with Crippen LogP contribution in [0.3, 0.4) is 0 Å². The number of carbonyl (C=O) groups is 2. The summed E-state index contributed by atoms with van der Waals surface area (Å²) in [5.41, 5.74) is -0.134. The minimum atomic E-state index is -4.54. The lowest BCUT2D eigenvalue weighted by atomic mass is 10.1. The summed E-state index contributed by atoms with van der Waals surface area (Å²) in [6, 6.07) is 11.0. The molecule has 0 radical (unpaired) electrons. The topological polar surface area (TPSA) is 85.3 Å². The number of nitrogens with zero attached hydrogens (tertiary/aromatic N) is 1. The lowest BCUT2D eigenvalue weighted by molar-refractivity contribution is -0.150. The average molecular weight is 498 g/mol. The van der Waals surface area contributed by atoms with Gasteiger partial charge in [-0.05, 0) is 48.7 Å². The number of carboxylic acids is 1. The number of amides is 1. The van der Waals surface area contributed by atoms with E-state index in [1.165, 1.54) is 17.0 Å². The van der Waals surface area contributed by atoms with E-state index in [1.807, 2.05) is 13.8 Å². The SMILES string of the molecule is CCOC(Cc1ccc(OCCN(CC(C)C)C(=O)Oc2cccc(C(F)(F)F)c2)cc1)C(=O)O. The van der Waals surface area contributed by atoms with Crippen molar-refractivity contribution in [2.45, 2.75) is 39.5 Å². The molecule has 1 unspecified atom stereocenters. The Morgan fingerprint density at radius 3 is 2.31 bits per heavy atom. The van der Waals surface area contributed by atoms with E-state index in [9.17, 15) is 27.9 Å². The number of rotatable bonds is 12. The lowest BCUT2D eigenvalue weighted by Crippen LogP contribution is -2.39. The zero-order valence-corrected chi connectivity index (χ0v) is 19.9. The molecule has 0 fully saturated rings. The number of hydrogen-bond donors (Lipinski definition) is 1. The molecular weight excluding hydrogens is 467 g/mol. The van der Waals surface area contributed by atoms with Crippen LogP contribution in [0.15, 0.2) is 48.5 Å². The second kappa shape index (κ2) is 13.0. The zero-order chi connectivity index (χ0) is 26.0. The zero-order valence-electron chi connectivity index (χ0n) is 19.9. The van der Waals surface area contributed by atoms with Gasteiger partial charge in [0.05, 0.1) is 12.1 Å². The fourth-order valence-corrected chi connectivity index (χ4v) is 3.23. The summed E-state index contributed by atoms with van der Waals surface area (Å²) in [5.74, 6) is -0.611. The Labute approximate surface area is 202 Å². The number of halogens is 3. The summed E-state index contributed by atoms with van der Waals surface area (Å²) in [4.78, 5) is 25.2. The maximum atomic E-state index is 12.9. The van der Waals surface area contributed by atoms with Crippen LogP contribution in [0, 0.1) is 5.92 Å². The highest BCUT2D eigenvalue weighted by Gasteiger charge is 2.31. The Kier molecular flexibility index (Phi) is 10.4. The van der Waals surface area contributed by atoms with Gasteiger partial charge in [-0.3, -0.25) is 0 Å². The van der Waals surface area contributed by atoms with Gasteiger partial charge >= 0.3 is 18.2 Å². The fraction of sp³-hybridized carbons (Fsp3) is 0.440. The van der Waals surface area contributed by atoms with Crippen molar-refractivity contribution in [2.75, 3.05) is 26.3 Å². The standard InChI is InChI=1S/C25H30F3NO6/c1-4-33-22(23(30)31)14-18-8-10-20(11-9-18)34-13-12-29(16-17(2)3)24(32)35-21-7-5-6-19(15-21)25(26,27)28/h5-11,15,17,22H,4,12-14,16H2,1-3H3,(H,30,31). The minimum Gasteiger partial charge on any atom is -0.492 e. The van der Waals surface area contributed by atoms with Crippen LogP contribution in [-0.4, -0.2) is 54.5 Å². The molecular formula is C25H30F3NO6. The van der Waals surface area contributed by atoms with Crippen LogP contribution in [0.4, 0.5) is 18.0 Å². The molecule has 1 N–H and O–H groups in total. The van der Waals surface area contributed by atoms with E-state index in [2.05, 4.69) is 0 Å². The Balaban J connectivity index is 1.95. The molecule has 0 aliphatic rings. The van der Waals surface area contributed by atoms with Crippen molar-refractivity contribution in [1.29, 1.82) is 0 Å². The van der Waals surface area contributed by atoms with Crippen molar-refractivity contribution in [3.63, 3.8) is 0 Å². The minimum absolute atomic E-state index is 0.0934. The van der Waals surface area contributed by atoms with Crippen LogP contribution < -0.4 is 9.47 Å².